The molecule has 0 amide bonds. The summed E-state index contributed by atoms with van der Waals surface area (Å²) in [6.45, 7) is 2.67. The van der Waals surface area contributed by atoms with Gasteiger partial charge in [0.15, 0.2) is 0 Å². The van der Waals surface area contributed by atoms with Crippen LogP contribution in [0.2, 0.25) is 5.02 Å². The van der Waals surface area contributed by atoms with E-state index in [0.29, 0.717) is 11.1 Å². The predicted molar refractivity (Wildman–Crippen MR) is 62.1 cm³/mol. The summed E-state index contributed by atoms with van der Waals surface area (Å²) >= 11 is 5.91. The minimum atomic E-state index is -0.0742. The lowest BCUT2D eigenvalue weighted by Crippen LogP contribution is -2.30. The van der Waals surface area contributed by atoms with Gasteiger partial charge in [0.2, 0.25) is 0 Å². The zero-order valence-corrected chi connectivity index (χ0v) is 10.0. The van der Waals surface area contributed by atoms with Crippen LogP contribution in [0.5, 0.6) is 0 Å². The third kappa shape index (κ3) is 2.75. The van der Waals surface area contributed by atoms with Crippen LogP contribution >= 0.6 is 11.6 Å². The second-order valence-electron chi connectivity index (χ2n) is 4.21. The summed E-state index contributed by atoms with van der Waals surface area (Å²) in [5.41, 5.74) is 0.963. The summed E-state index contributed by atoms with van der Waals surface area (Å²) in [5.74, 6) is 0. The van der Waals surface area contributed by atoms with Crippen LogP contribution in [-0.4, -0.2) is 21.9 Å². The third-order valence-corrected chi connectivity index (χ3v) is 3.21. The minimum absolute atomic E-state index is 0.0742. The lowest BCUT2D eigenvalue weighted by molar-refractivity contribution is 0.485. The molecule has 1 aliphatic carbocycles. The Labute approximate surface area is 100 Å². The van der Waals surface area contributed by atoms with E-state index in [4.69, 9.17) is 16.9 Å². The molecule has 0 radical (unpaired) electrons. The van der Waals surface area contributed by atoms with Gasteiger partial charge in [-0.15, -0.1) is 0 Å². The van der Waals surface area contributed by atoms with E-state index in [1.165, 1.54) is 12.8 Å². The van der Waals surface area contributed by atoms with E-state index in [-0.39, 0.29) is 6.04 Å². The van der Waals surface area contributed by atoms with E-state index in [9.17, 15) is 0 Å². The molecule has 1 fully saturated rings. The zero-order valence-electron chi connectivity index (χ0n) is 9.28. The highest BCUT2D eigenvalue weighted by Crippen LogP contribution is 2.20. The average Bonchev–Trinajstić information content (AvgIpc) is 3.04. The van der Waals surface area contributed by atoms with E-state index < -0.39 is 0 Å². The van der Waals surface area contributed by atoms with Crippen molar-refractivity contribution in [2.45, 2.75) is 44.8 Å². The summed E-state index contributed by atoms with van der Waals surface area (Å²) in [4.78, 5) is 0. The molecule has 1 saturated carbocycles. The van der Waals surface area contributed by atoms with Crippen molar-refractivity contribution < 1.29 is 0 Å². The van der Waals surface area contributed by atoms with Crippen molar-refractivity contribution in [2.75, 3.05) is 0 Å². The minimum Gasteiger partial charge on any atom is -0.299 e. The monoisotopic (exact) mass is 238 g/mol. The van der Waals surface area contributed by atoms with Gasteiger partial charge in [-0.05, 0) is 26.2 Å². The topological polar surface area (TPSA) is 53.6 Å². The maximum absolute atomic E-state index is 8.99. The number of hydrogen-bond acceptors (Lipinski definition) is 3. The van der Waals surface area contributed by atoms with Gasteiger partial charge in [-0.25, -0.2) is 0 Å². The molecule has 16 heavy (non-hydrogen) atoms. The van der Waals surface area contributed by atoms with Crippen molar-refractivity contribution in [2.24, 2.45) is 0 Å². The molecule has 0 aliphatic heterocycles. The molecule has 1 unspecified atom stereocenters. The Hall–Kier alpha value is -1.05. The molecule has 0 spiro atoms. The molecule has 0 aromatic carbocycles. The summed E-state index contributed by atoms with van der Waals surface area (Å²) in [5, 5.41) is 17.1. The third-order valence-electron chi connectivity index (χ3n) is 2.84. The Morgan fingerprint density at radius 3 is 3.00 bits per heavy atom. The van der Waals surface area contributed by atoms with Crippen molar-refractivity contribution >= 4 is 11.6 Å². The van der Waals surface area contributed by atoms with Crippen LogP contribution in [0.25, 0.3) is 0 Å². The SMILES string of the molecule is Cc1c(Cl)cnn1CCC(C#N)NC1CC1. The molecule has 1 aliphatic rings. The quantitative estimate of drug-likeness (QED) is 0.852. The highest BCUT2D eigenvalue weighted by Gasteiger charge is 2.24. The van der Waals surface area contributed by atoms with Crippen molar-refractivity contribution in [3.63, 3.8) is 0 Å². The van der Waals surface area contributed by atoms with Gasteiger partial charge in [0.1, 0.15) is 0 Å². The van der Waals surface area contributed by atoms with Crippen molar-refractivity contribution in [1.82, 2.24) is 15.1 Å². The van der Waals surface area contributed by atoms with Crippen LogP contribution < -0.4 is 5.32 Å². The zero-order chi connectivity index (χ0) is 11.5. The number of hydrogen-bond donors (Lipinski definition) is 1. The summed E-state index contributed by atoms with van der Waals surface area (Å²) in [7, 11) is 0. The molecule has 4 nitrogen and oxygen atoms in total. The fraction of sp³-hybridized carbons (Fsp3) is 0.636. The number of nitrogens with one attached hydrogen (secondary N) is 1. The first-order valence-electron chi connectivity index (χ1n) is 5.54. The van der Waals surface area contributed by atoms with Gasteiger partial charge in [-0.3, -0.25) is 10.00 Å². The Kier molecular flexibility index (Phi) is 3.47. The number of nitrogens with zero attached hydrogens (tertiary/aromatic N) is 3. The van der Waals surface area contributed by atoms with Gasteiger partial charge < -0.3 is 0 Å². The fourth-order valence-corrected chi connectivity index (χ4v) is 1.76. The summed E-state index contributed by atoms with van der Waals surface area (Å²) in [6.07, 6.45) is 4.81. The first kappa shape index (κ1) is 11.4. The predicted octanol–water partition coefficient (Wildman–Crippen LogP) is 1.88. The Balaban J connectivity index is 1.85. The summed E-state index contributed by atoms with van der Waals surface area (Å²) < 4.78 is 1.85. The van der Waals surface area contributed by atoms with E-state index in [2.05, 4.69) is 16.5 Å². The maximum atomic E-state index is 8.99. The molecule has 1 aromatic heterocycles. The Morgan fingerprint density at radius 1 is 1.75 bits per heavy atom. The van der Waals surface area contributed by atoms with Crippen molar-refractivity contribution in [3.8, 4) is 6.07 Å². The first-order chi connectivity index (χ1) is 7.70. The highest BCUT2D eigenvalue weighted by molar-refractivity contribution is 6.31. The molecule has 0 saturated heterocycles. The van der Waals surface area contributed by atoms with Crippen LogP contribution in [0.15, 0.2) is 6.20 Å². The van der Waals surface area contributed by atoms with Gasteiger partial charge >= 0.3 is 0 Å². The molecule has 86 valence electrons. The lowest BCUT2D eigenvalue weighted by atomic mass is 10.2. The largest absolute Gasteiger partial charge is 0.299 e. The van der Waals surface area contributed by atoms with E-state index in [1.807, 2.05) is 11.6 Å². The van der Waals surface area contributed by atoms with Crippen LogP contribution in [0.1, 0.15) is 25.0 Å². The number of rotatable bonds is 5. The van der Waals surface area contributed by atoms with E-state index in [1.54, 1.807) is 6.20 Å². The standard InChI is InChI=1S/C11H15ClN4/c1-8-11(12)7-14-16(8)5-4-10(6-13)15-9-2-3-9/h7,9-10,15H,2-5H2,1H3. The number of nitriles is 1. The van der Waals surface area contributed by atoms with Crippen LogP contribution in [0.4, 0.5) is 0 Å². The normalized spacial score (nSPS) is 17.1. The summed E-state index contributed by atoms with van der Waals surface area (Å²) in [6, 6.07) is 2.77. The van der Waals surface area contributed by atoms with Gasteiger partial charge in [0, 0.05) is 12.6 Å². The molecule has 1 heterocycles. The van der Waals surface area contributed by atoms with Gasteiger partial charge in [-0.2, -0.15) is 10.4 Å². The molecular weight excluding hydrogens is 224 g/mol. The number of aryl methyl sites for hydroxylation is 1. The second kappa shape index (κ2) is 4.86. The second-order valence-corrected chi connectivity index (χ2v) is 4.62. The number of aromatic nitrogens is 2. The van der Waals surface area contributed by atoms with Crippen molar-refractivity contribution in [1.29, 1.82) is 5.26 Å². The molecular formula is C11H15ClN4. The van der Waals surface area contributed by atoms with E-state index >= 15 is 0 Å². The fourth-order valence-electron chi connectivity index (χ4n) is 1.62. The van der Waals surface area contributed by atoms with Crippen molar-refractivity contribution in [3.05, 3.63) is 16.9 Å². The Bertz CT molecular complexity index is 403. The van der Waals surface area contributed by atoms with E-state index in [0.717, 1.165) is 18.7 Å². The highest BCUT2D eigenvalue weighted by atomic mass is 35.5. The Morgan fingerprint density at radius 2 is 2.50 bits per heavy atom. The smallest absolute Gasteiger partial charge is 0.0972 e. The first-order valence-corrected chi connectivity index (χ1v) is 5.92. The van der Waals surface area contributed by atoms with Gasteiger partial charge in [0.25, 0.3) is 0 Å². The van der Waals surface area contributed by atoms with Crippen LogP contribution in [0, 0.1) is 18.3 Å². The van der Waals surface area contributed by atoms with Crippen LogP contribution in [0.3, 0.4) is 0 Å². The molecule has 5 heteroatoms. The number of halogens is 1. The average molecular weight is 239 g/mol. The van der Waals surface area contributed by atoms with Gasteiger partial charge in [0.05, 0.1) is 29.0 Å². The lowest BCUT2D eigenvalue weighted by Gasteiger charge is -2.11. The maximum Gasteiger partial charge on any atom is 0.0972 e. The van der Waals surface area contributed by atoms with Gasteiger partial charge in [-0.1, -0.05) is 11.6 Å². The molecule has 1 atom stereocenters. The molecule has 2 rings (SSSR count). The molecule has 1 N–H and O–H groups in total. The molecule has 1 aromatic rings. The molecule has 0 bridgehead atoms. The van der Waals surface area contributed by atoms with Crippen LogP contribution in [-0.2, 0) is 6.54 Å².